The van der Waals surface area contributed by atoms with Crippen LogP contribution < -0.4 is 10.1 Å². The maximum atomic E-state index is 13.5. The highest BCUT2D eigenvalue weighted by atomic mass is 32.2. The smallest absolute Gasteiger partial charge is 0.230 e. The molecule has 28 heavy (non-hydrogen) atoms. The fourth-order valence-corrected chi connectivity index (χ4v) is 3.78. The van der Waals surface area contributed by atoms with E-state index in [9.17, 15) is 9.18 Å². The minimum atomic E-state index is -0.311. The van der Waals surface area contributed by atoms with Gasteiger partial charge in [0.1, 0.15) is 11.6 Å². The Morgan fingerprint density at radius 3 is 2.18 bits per heavy atom. The standard InChI is InChI=1S/C23H22FNO2S/c1-27-21-13-12-20(24)14-19(21)15-28-16-22(26)25-23(17-8-4-2-5-9-17)18-10-6-3-7-11-18/h2-14,23H,15-16H2,1H3,(H,25,26). The average molecular weight is 395 g/mol. The van der Waals surface area contributed by atoms with Crippen LogP contribution in [0.1, 0.15) is 22.7 Å². The molecule has 3 nitrogen and oxygen atoms in total. The van der Waals surface area contributed by atoms with Gasteiger partial charge in [-0.25, -0.2) is 4.39 Å². The third-order valence-corrected chi connectivity index (χ3v) is 5.29. The van der Waals surface area contributed by atoms with Gasteiger partial charge in [0.15, 0.2) is 0 Å². The molecular formula is C23H22FNO2S. The SMILES string of the molecule is COc1ccc(F)cc1CSCC(=O)NC(c1ccccc1)c1ccccc1. The minimum absolute atomic E-state index is 0.0712. The Labute approximate surface area is 168 Å². The number of carbonyl (C=O) groups excluding carboxylic acids is 1. The summed E-state index contributed by atoms with van der Waals surface area (Å²) in [5, 5.41) is 3.11. The van der Waals surface area contributed by atoms with Crippen LogP contribution in [0.25, 0.3) is 0 Å². The fourth-order valence-electron chi connectivity index (χ4n) is 2.97. The Kier molecular flexibility index (Phi) is 7.09. The number of hydrogen-bond acceptors (Lipinski definition) is 3. The summed E-state index contributed by atoms with van der Waals surface area (Å²) in [4.78, 5) is 12.6. The van der Waals surface area contributed by atoms with Gasteiger partial charge < -0.3 is 10.1 Å². The molecule has 0 heterocycles. The van der Waals surface area contributed by atoms with Crippen LogP contribution >= 0.6 is 11.8 Å². The van der Waals surface area contributed by atoms with Crippen LogP contribution in [0.15, 0.2) is 78.9 Å². The van der Waals surface area contributed by atoms with E-state index in [0.29, 0.717) is 11.5 Å². The lowest BCUT2D eigenvalue weighted by Gasteiger charge is -2.20. The van der Waals surface area contributed by atoms with E-state index in [0.717, 1.165) is 16.7 Å². The molecule has 1 N–H and O–H groups in total. The zero-order valence-corrected chi connectivity index (χ0v) is 16.4. The molecule has 3 aromatic rings. The molecule has 0 radical (unpaired) electrons. The second-order valence-corrected chi connectivity index (χ2v) is 7.26. The number of hydrogen-bond donors (Lipinski definition) is 1. The maximum Gasteiger partial charge on any atom is 0.230 e. The topological polar surface area (TPSA) is 38.3 Å². The second kappa shape index (κ2) is 9.95. The number of amides is 1. The molecule has 0 spiro atoms. The summed E-state index contributed by atoms with van der Waals surface area (Å²) in [5.74, 6) is 1.01. The predicted molar refractivity (Wildman–Crippen MR) is 112 cm³/mol. The Morgan fingerprint density at radius 2 is 1.61 bits per heavy atom. The third-order valence-electron chi connectivity index (χ3n) is 4.30. The largest absolute Gasteiger partial charge is 0.496 e. The van der Waals surface area contributed by atoms with Crippen molar-refractivity contribution in [3.05, 3.63) is 101 Å². The quantitative estimate of drug-likeness (QED) is 0.585. The number of halogens is 1. The third kappa shape index (κ3) is 5.36. The van der Waals surface area contributed by atoms with E-state index in [2.05, 4.69) is 5.32 Å². The van der Waals surface area contributed by atoms with Gasteiger partial charge in [0.05, 0.1) is 18.9 Å². The van der Waals surface area contributed by atoms with Crippen LogP contribution in [-0.2, 0) is 10.5 Å². The summed E-state index contributed by atoms with van der Waals surface area (Å²) in [7, 11) is 1.55. The van der Waals surface area contributed by atoms with Crippen molar-refractivity contribution in [3.8, 4) is 5.75 Å². The highest BCUT2D eigenvalue weighted by Crippen LogP contribution is 2.25. The molecule has 0 saturated carbocycles. The zero-order chi connectivity index (χ0) is 19.8. The van der Waals surface area contributed by atoms with Crippen LogP contribution in [0.4, 0.5) is 4.39 Å². The van der Waals surface area contributed by atoms with Gasteiger partial charge >= 0.3 is 0 Å². The lowest BCUT2D eigenvalue weighted by Crippen LogP contribution is -2.30. The average Bonchev–Trinajstić information content (AvgIpc) is 2.73. The van der Waals surface area contributed by atoms with E-state index in [1.54, 1.807) is 13.2 Å². The summed E-state index contributed by atoms with van der Waals surface area (Å²) in [5.41, 5.74) is 2.79. The molecule has 0 bridgehead atoms. The van der Waals surface area contributed by atoms with E-state index >= 15 is 0 Å². The molecule has 0 aliphatic carbocycles. The van der Waals surface area contributed by atoms with Gasteiger partial charge in [-0.15, -0.1) is 11.8 Å². The summed E-state index contributed by atoms with van der Waals surface area (Å²) in [6, 6.07) is 24.0. The van der Waals surface area contributed by atoms with Crippen molar-refractivity contribution in [2.45, 2.75) is 11.8 Å². The first-order valence-corrected chi connectivity index (χ1v) is 10.1. The normalized spacial score (nSPS) is 10.7. The number of nitrogens with one attached hydrogen (secondary N) is 1. The summed E-state index contributed by atoms with van der Waals surface area (Å²) >= 11 is 1.43. The molecule has 3 aromatic carbocycles. The van der Waals surface area contributed by atoms with Crippen molar-refractivity contribution in [2.75, 3.05) is 12.9 Å². The highest BCUT2D eigenvalue weighted by Gasteiger charge is 2.16. The molecule has 0 atom stereocenters. The number of methoxy groups -OCH3 is 1. The van der Waals surface area contributed by atoms with E-state index in [1.807, 2.05) is 60.7 Å². The maximum absolute atomic E-state index is 13.5. The van der Waals surface area contributed by atoms with Crippen molar-refractivity contribution in [3.63, 3.8) is 0 Å². The molecule has 0 unspecified atom stereocenters. The summed E-state index contributed by atoms with van der Waals surface area (Å²) in [6.07, 6.45) is 0. The zero-order valence-electron chi connectivity index (χ0n) is 15.6. The van der Waals surface area contributed by atoms with Gasteiger partial charge in [-0.2, -0.15) is 0 Å². The minimum Gasteiger partial charge on any atom is -0.496 e. The Hall–Kier alpha value is -2.79. The Morgan fingerprint density at radius 1 is 1.00 bits per heavy atom. The van der Waals surface area contributed by atoms with Crippen molar-refractivity contribution in [2.24, 2.45) is 0 Å². The molecule has 0 aliphatic rings. The van der Waals surface area contributed by atoms with Crippen molar-refractivity contribution < 1.29 is 13.9 Å². The summed E-state index contributed by atoms with van der Waals surface area (Å²) < 4.78 is 18.7. The van der Waals surface area contributed by atoms with Crippen molar-refractivity contribution in [1.82, 2.24) is 5.32 Å². The molecule has 0 saturated heterocycles. The van der Waals surface area contributed by atoms with Crippen molar-refractivity contribution in [1.29, 1.82) is 0 Å². The van der Waals surface area contributed by atoms with Gasteiger partial charge in [0.25, 0.3) is 0 Å². The van der Waals surface area contributed by atoms with Crippen LogP contribution in [0, 0.1) is 5.82 Å². The number of thioether (sulfide) groups is 1. The molecule has 5 heteroatoms. The lowest BCUT2D eigenvalue weighted by molar-refractivity contribution is -0.119. The molecular weight excluding hydrogens is 373 g/mol. The lowest BCUT2D eigenvalue weighted by atomic mass is 9.99. The molecule has 3 rings (SSSR count). The first kappa shape index (κ1) is 20.0. The monoisotopic (exact) mass is 395 g/mol. The van der Waals surface area contributed by atoms with E-state index in [4.69, 9.17) is 4.74 Å². The van der Waals surface area contributed by atoms with Gasteiger partial charge in [-0.05, 0) is 29.3 Å². The van der Waals surface area contributed by atoms with Crippen LogP contribution in [0.2, 0.25) is 0 Å². The molecule has 1 amide bonds. The fraction of sp³-hybridized carbons (Fsp3) is 0.174. The predicted octanol–water partition coefficient (Wildman–Crippen LogP) is 4.97. The Bertz CT molecular complexity index is 863. The van der Waals surface area contributed by atoms with Crippen molar-refractivity contribution >= 4 is 17.7 Å². The first-order valence-electron chi connectivity index (χ1n) is 8.97. The number of benzene rings is 3. The van der Waals surface area contributed by atoms with E-state index in [1.165, 1.54) is 23.9 Å². The van der Waals surface area contributed by atoms with Crippen LogP contribution in [0.3, 0.4) is 0 Å². The van der Waals surface area contributed by atoms with Gasteiger partial charge in [-0.3, -0.25) is 4.79 Å². The first-order chi connectivity index (χ1) is 13.7. The molecule has 0 aromatic heterocycles. The number of ether oxygens (including phenoxy) is 1. The molecule has 0 fully saturated rings. The highest BCUT2D eigenvalue weighted by molar-refractivity contribution is 7.99. The second-order valence-electron chi connectivity index (χ2n) is 6.27. The van der Waals surface area contributed by atoms with Crippen LogP contribution in [0.5, 0.6) is 5.75 Å². The van der Waals surface area contributed by atoms with Gasteiger partial charge in [0, 0.05) is 11.3 Å². The Balaban J connectivity index is 1.64. The molecule has 144 valence electrons. The number of carbonyl (C=O) groups is 1. The summed E-state index contributed by atoms with van der Waals surface area (Å²) in [6.45, 7) is 0. The molecule has 0 aliphatic heterocycles. The van der Waals surface area contributed by atoms with Gasteiger partial charge in [-0.1, -0.05) is 60.7 Å². The van der Waals surface area contributed by atoms with E-state index < -0.39 is 0 Å². The van der Waals surface area contributed by atoms with Gasteiger partial charge in [0.2, 0.25) is 5.91 Å². The van der Waals surface area contributed by atoms with E-state index in [-0.39, 0.29) is 23.5 Å². The number of rotatable bonds is 8. The van der Waals surface area contributed by atoms with Crippen LogP contribution in [-0.4, -0.2) is 18.8 Å².